The SMILES string of the molecule is CO/N=C1/C(C)(C)c2cc3nc(SCc4nccc(OC)c4C)[nH]c3cc2C1(C)C. The van der Waals surface area contributed by atoms with Gasteiger partial charge in [0.15, 0.2) is 5.16 Å². The van der Waals surface area contributed by atoms with E-state index in [1.54, 1.807) is 32.2 Å². The van der Waals surface area contributed by atoms with Gasteiger partial charge in [0.1, 0.15) is 12.9 Å². The summed E-state index contributed by atoms with van der Waals surface area (Å²) in [5, 5.41) is 5.27. The van der Waals surface area contributed by atoms with Crippen LogP contribution in [0.4, 0.5) is 0 Å². The Labute approximate surface area is 181 Å². The van der Waals surface area contributed by atoms with Gasteiger partial charge < -0.3 is 14.6 Å². The molecule has 0 amide bonds. The molecule has 0 fully saturated rings. The zero-order valence-corrected chi connectivity index (χ0v) is 19.4. The van der Waals surface area contributed by atoms with Gasteiger partial charge >= 0.3 is 0 Å². The molecule has 0 radical (unpaired) electrons. The summed E-state index contributed by atoms with van der Waals surface area (Å²) in [7, 11) is 3.29. The van der Waals surface area contributed by atoms with Crippen LogP contribution in [-0.2, 0) is 21.4 Å². The monoisotopic (exact) mass is 424 g/mol. The molecule has 1 N–H and O–H groups in total. The Bertz CT molecular complexity index is 1090. The second-order valence-corrected chi connectivity index (χ2v) is 9.67. The van der Waals surface area contributed by atoms with Crippen LogP contribution < -0.4 is 4.74 Å². The number of aromatic nitrogens is 3. The van der Waals surface area contributed by atoms with Crippen LogP contribution in [0.5, 0.6) is 5.75 Å². The van der Waals surface area contributed by atoms with E-state index in [1.807, 2.05) is 13.0 Å². The van der Waals surface area contributed by atoms with Crippen LogP contribution in [0.15, 0.2) is 34.7 Å². The first kappa shape index (κ1) is 20.7. The van der Waals surface area contributed by atoms with Gasteiger partial charge in [0.05, 0.1) is 29.5 Å². The van der Waals surface area contributed by atoms with E-state index >= 15 is 0 Å². The smallest absolute Gasteiger partial charge is 0.166 e. The Kier molecular flexibility index (Phi) is 5.04. The number of ether oxygens (including phenoxy) is 1. The van der Waals surface area contributed by atoms with Crippen molar-refractivity contribution in [3.8, 4) is 5.75 Å². The number of hydrogen-bond acceptors (Lipinski definition) is 6. The lowest BCUT2D eigenvalue weighted by Crippen LogP contribution is -2.34. The standard InChI is InChI=1S/C23H28N4O2S/c1-13-18(24-9-8-19(13)28-6)12-30-21-25-16-10-14-15(11-17(16)26-21)23(4,5)20(27-29-7)22(14,2)3/h8-11H,12H2,1-7H3,(H,25,26). The van der Waals surface area contributed by atoms with Crippen LogP contribution >= 0.6 is 11.8 Å². The summed E-state index contributed by atoms with van der Waals surface area (Å²) < 4.78 is 5.40. The zero-order chi connectivity index (χ0) is 21.7. The van der Waals surface area contributed by atoms with Crippen LogP contribution in [0.2, 0.25) is 0 Å². The van der Waals surface area contributed by atoms with Crippen molar-refractivity contribution in [2.75, 3.05) is 14.2 Å². The quantitative estimate of drug-likeness (QED) is 0.454. The molecular formula is C23H28N4O2S. The van der Waals surface area contributed by atoms with Gasteiger partial charge in [0.2, 0.25) is 0 Å². The number of nitrogens with zero attached hydrogens (tertiary/aromatic N) is 3. The number of methoxy groups -OCH3 is 1. The maximum absolute atomic E-state index is 5.40. The third-order valence-corrected chi connectivity index (χ3v) is 7.02. The number of rotatable bonds is 5. The van der Waals surface area contributed by atoms with Crippen molar-refractivity contribution in [2.45, 2.75) is 56.4 Å². The van der Waals surface area contributed by atoms with Gasteiger partial charge in [-0.3, -0.25) is 4.98 Å². The van der Waals surface area contributed by atoms with Crippen LogP contribution in [0.3, 0.4) is 0 Å². The van der Waals surface area contributed by atoms with Crippen molar-refractivity contribution < 1.29 is 9.57 Å². The lowest BCUT2D eigenvalue weighted by atomic mass is 9.79. The van der Waals surface area contributed by atoms with Crippen LogP contribution in [-0.4, -0.2) is 34.9 Å². The Hall–Kier alpha value is -2.54. The molecule has 0 atom stereocenters. The van der Waals surface area contributed by atoms with Crippen molar-refractivity contribution in [1.29, 1.82) is 0 Å². The van der Waals surface area contributed by atoms with E-state index in [9.17, 15) is 0 Å². The maximum Gasteiger partial charge on any atom is 0.166 e. The molecule has 2 heterocycles. The average Bonchev–Trinajstić information content (AvgIpc) is 3.17. The Morgan fingerprint density at radius 2 is 1.80 bits per heavy atom. The molecule has 1 aromatic carbocycles. The van der Waals surface area contributed by atoms with Gasteiger partial charge in [-0.1, -0.05) is 44.6 Å². The highest BCUT2D eigenvalue weighted by molar-refractivity contribution is 7.98. The van der Waals surface area contributed by atoms with Crippen LogP contribution in [0, 0.1) is 6.92 Å². The number of thioether (sulfide) groups is 1. The van der Waals surface area contributed by atoms with E-state index < -0.39 is 0 Å². The molecule has 4 rings (SSSR count). The summed E-state index contributed by atoms with van der Waals surface area (Å²) in [5.41, 5.74) is 7.21. The molecule has 6 nitrogen and oxygen atoms in total. The van der Waals surface area contributed by atoms with Gasteiger partial charge in [-0.15, -0.1) is 0 Å². The Morgan fingerprint density at radius 3 is 2.47 bits per heavy atom. The summed E-state index contributed by atoms with van der Waals surface area (Å²) in [6, 6.07) is 6.30. The van der Waals surface area contributed by atoms with E-state index in [-0.39, 0.29) is 10.8 Å². The highest BCUT2D eigenvalue weighted by Gasteiger charge is 2.49. The number of H-pyrrole nitrogens is 1. The minimum absolute atomic E-state index is 0.205. The molecule has 1 aliphatic carbocycles. The highest BCUT2D eigenvalue weighted by atomic mass is 32.2. The number of oxime groups is 1. The molecule has 3 aromatic rings. The summed E-state index contributed by atoms with van der Waals surface area (Å²) in [5.74, 6) is 1.59. The number of benzene rings is 1. The highest BCUT2D eigenvalue weighted by Crippen LogP contribution is 2.48. The molecule has 158 valence electrons. The van der Waals surface area contributed by atoms with Gasteiger partial charge in [0.25, 0.3) is 0 Å². The summed E-state index contributed by atoms with van der Waals surface area (Å²) in [6.45, 7) is 10.8. The van der Waals surface area contributed by atoms with Gasteiger partial charge in [-0.25, -0.2) is 4.98 Å². The molecule has 30 heavy (non-hydrogen) atoms. The first-order chi connectivity index (χ1) is 14.2. The number of hydrogen-bond donors (Lipinski definition) is 1. The van der Waals surface area contributed by atoms with Crippen molar-refractivity contribution >= 4 is 28.5 Å². The van der Waals surface area contributed by atoms with E-state index in [4.69, 9.17) is 14.6 Å². The fraction of sp³-hybridized carbons (Fsp3) is 0.435. The van der Waals surface area contributed by atoms with E-state index in [0.29, 0.717) is 0 Å². The fourth-order valence-electron chi connectivity index (χ4n) is 4.55. The van der Waals surface area contributed by atoms with Gasteiger partial charge in [-0.2, -0.15) is 0 Å². The second-order valence-electron chi connectivity index (χ2n) is 8.70. The van der Waals surface area contributed by atoms with Crippen LogP contribution in [0.1, 0.15) is 50.1 Å². The number of imidazole rings is 1. The summed E-state index contributed by atoms with van der Waals surface area (Å²) in [4.78, 5) is 18.0. The van der Waals surface area contributed by atoms with E-state index in [0.717, 1.165) is 44.7 Å². The Balaban J connectivity index is 1.68. The predicted molar refractivity (Wildman–Crippen MR) is 122 cm³/mol. The van der Waals surface area contributed by atoms with Crippen molar-refractivity contribution in [1.82, 2.24) is 15.0 Å². The molecule has 7 heteroatoms. The first-order valence-corrected chi connectivity index (χ1v) is 11.0. The molecule has 0 spiro atoms. The van der Waals surface area contributed by atoms with Crippen LogP contribution in [0.25, 0.3) is 11.0 Å². The second kappa shape index (κ2) is 7.30. The predicted octanol–water partition coefficient (Wildman–Crippen LogP) is 5.14. The topological polar surface area (TPSA) is 72.4 Å². The minimum Gasteiger partial charge on any atom is -0.496 e. The minimum atomic E-state index is -0.211. The number of fused-ring (bicyclic) bond motifs is 2. The van der Waals surface area contributed by atoms with Crippen molar-refractivity contribution in [2.24, 2.45) is 5.16 Å². The number of nitrogens with one attached hydrogen (secondary N) is 1. The molecule has 0 saturated carbocycles. The Morgan fingerprint density at radius 1 is 1.10 bits per heavy atom. The summed E-state index contributed by atoms with van der Waals surface area (Å²) >= 11 is 1.65. The molecule has 1 aliphatic rings. The van der Waals surface area contributed by atoms with E-state index in [2.05, 4.69) is 55.0 Å². The number of aromatic amines is 1. The molecular weight excluding hydrogens is 396 g/mol. The molecule has 0 aliphatic heterocycles. The van der Waals surface area contributed by atoms with E-state index in [1.165, 1.54) is 11.1 Å². The largest absolute Gasteiger partial charge is 0.496 e. The normalized spacial score (nSPS) is 18.0. The lowest BCUT2D eigenvalue weighted by molar-refractivity contribution is 0.208. The third-order valence-electron chi connectivity index (χ3n) is 6.14. The summed E-state index contributed by atoms with van der Waals surface area (Å²) in [6.07, 6.45) is 1.79. The lowest BCUT2D eigenvalue weighted by Gasteiger charge is -2.25. The van der Waals surface area contributed by atoms with Gasteiger partial charge in [0, 0.05) is 28.3 Å². The third kappa shape index (κ3) is 3.16. The average molecular weight is 425 g/mol. The number of pyridine rings is 1. The maximum atomic E-state index is 5.40. The molecule has 0 bridgehead atoms. The molecule has 0 unspecified atom stereocenters. The van der Waals surface area contributed by atoms with Gasteiger partial charge in [-0.05, 0) is 36.2 Å². The first-order valence-electron chi connectivity index (χ1n) is 9.98. The van der Waals surface area contributed by atoms with Crippen molar-refractivity contribution in [3.63, 3.8) is 0 Å². The molecule has 0 saturated heterocycles. The fourth-order valence-corrected chi connectivity index (χ4v) is 5.46. The van der Waals surface area contributed by atoms with Crippen molar-refractivity contribution in [3.05, 3.63) is 46.8 Å². The molecule has 2 aromatic heterocycles. The zero-order valence-electron chi connectivity index (χ0n) is 18.6.